The van der Waals surface area contributed by atoms with E-state index < -0.39 is 0 Å². The van der Waals surface area contributed by atoms with Crippen molar-refractivity contribution in [1.82, 2.24) is 4.90 Å². The molecule has 1 atom stereocenters. The topological polar surface area (TPSA) is 43.4 Å². The molecule has 1 rings (SSSR count). The average Bonchev–Trinajstić information content (AvgIpc) is 2.14. The van der Waals surface area contributed by atoms with Crippen molar-refractivity contribution in [3.05, 3.63) is 0 Å². The van der Waals surface area contributed by atoms with Crippen molar-refractivity contribution in [1.29, 1.82) is 0 Å². The second-order valence-electron chi connectivity index (χ2n) is 2.15. The van der Waals surface area contributed by atoms with E-state index >= 15 is 0 Å². The maximum Gasteiger partial charge on any atom is 0.135 e. The Labute approximate surface area is 48.5 Å². The third-order valence-corrected chi connectivity index (χ3v) is 1.43. The third-order valence-electron chi connectivity index (χ3n) is 1.43. The Bertz CT molecular complexity index is 76.8. The molecule has 0 bridgehead atoms. The van der Waals surface area contributed by atoms with E-state index in [1.807, 2.05) is 0 Å². The van der Waals surface area contributed by atoms with Gasteiger partial charge in [-0.15, -0.1) is 0 Å². The fourth-order valence-corrected chi connectivity index (χ4v) is 0.929. The summed E-state index contributed by atoms with van der Waals surface area (Å²) in [5, 5.41) is 18.9. The molecule has 1 radical (unpaired) electrons. The number of nitrogens with zero attached hydrogens (tertiary/aromatic N) is 1. The van der Waals surface area contributed by atoms with E-state index in [2.05, 4.69) is 0 Å². The molecule has 1 unspecified atom stereocenters. The maximum atomic E-state index is 10.1. The van der Waals surface area contributed by atoms with Gasteiger partial charge in [0.1, 0.15) is 6.73 Å². The highest BCUT2D eigenvalue weighted by Crippen LogP contribution is 2.06. The van der Waals surface area contributed by atoms with E-state index in [0.717, 1.165) is 13.0 Å². The fraction of sp³-hybridized carbons (Fsp3) is 1.00. The van der Waals surface area contributed by atoms with E-state index in [1.165, 1.54) is 0 Å². The molecule has 1 aliphatic rings. The Morgan fingerprint density at radius 1 is 1.75 bits per heavy atom. The molecule has 1 aliphatic heterocycles. The number of β-amino-alcohol motifs (C(OH)–C–C–N with tert-alkyl or cyclic N) is 1. The molecule has 8 heavy (non-hydrogen) atoms. The van der Waals surface area contributed by atoms with Crippen LogP contribution in [0.25, 0.3) is 0 Å². The molecule has 1 saturated heterocycles. The predicted octanol–water partition coefficient (Wildman–Crippen LogP) is -0.559. The van der Waals surface area contributed by atoms with Gasteiger partial charge in [0.2, 0.25) is 0 Å². The number of likely N-dealkylation sites (tertiary alicyclic amines) is 1. The van der Waals surface area contributed by atoms with Gasteiger partial charge in [0.05, 0.1) is 6.10 Å². The van der Waals surface area contributed by atoms with Gasteiger partial charge in [-0.1, -0.05) is 0 Å². The Morgan fingerprint density at radius 3 is 2.75 bits per heavy atom. The van der Waals surface area contributed by atoms with Gasteiger partial charge >= 0.3 is 0 Å². The molecule has 0 aliphatic carbocycles. The SMILES string of the molecule is [O]CN1CCC(O)C1. The van der Waals surface area contributed by atoms with Crippen molar-refractivity contribution in [3.63, 3.8) is 0 Å². The van der Waals surface area contributed by atoms with Gasteiger partial charge in [0, 0.05) is 13.1 Å². The van der Waals surface area contributed by atoms with Crippen molar-refractivity contribution in [2.45, 2.75) is 12.5 Å². The molecule has 3 heteroatoms. The van der Waals surface area contributed by atoms with Gasteiger partial charge in [0.25, 0.3) is 0 Å². The number of aliphatic hydroxyl groups excluding tert-OH is 1. The van der Waals surface area contributed by atoms with Gasteiger partial charge in [0.15, 0.2) is 0 Å². The molecular formula is C5H10NO2. The zero-order valence-corrected chi connectivity index (χ0v) is 4.71. The third kappa shape index (κ3) is 1.18. The first-order valence-electron chi connectivity index (χ1n) is 2.81. The van der Waals surface area contributed by atoms with Crippen molar-refractivity contribution in [2.24, 2.45) is 0 Å². The molecular weight excluding hydrogens is 106 g/mol. The van der Waals surface area contributed by atoms with Crippen LogP contribution in [-0.2, 0) is 5.11 Å². The largest absolute Gasteiger partial charge is 0.392 e. The van der Waals surface area contributed by atoms with Crippen LogP contribution in [0.15, 0.2) is 0 Å². The Hall–Kier alpha value is -0.120. The zero-order chi connectivity index (χ0) is 5.98. The summed E-state index contributed by atoms with van der Waals surface area (Å²) in [4.78, 5) is 1.70. The first-order valence-corrected chi connectivity index (χ1v) is 2.81. The minimum absolute atomic E-state index is 0.170. The lowest BCUT2D eigenvalue weighted by Crippen LogP contribution is -2.21. The summed E-state index contributed by atoms with van der Waals surface area (Å²) in [6.07, 6.45) is 0.520. The monoisotopic (exact) mass is 116 g/mol. The summed E-state index contributed by atoms with van der Waals surface area (Å²) in [5.41, 5.74) is 0. The van der Waals surface area contributed by atoms with Crippen LogP contribution in [-0.4, -0.2) is 35.9 Å². The summed E-state index contributed by atoms with van der Waals surface area (Å²) in [6, 6.07) is 0. The van der Waals surface area contributed by atoms with Gasteiger partial charge in [-0.3, -0.25) is 4.90 Å². The first kappa shape index (κ1) is 6.01. The van der Waals surface area contributed by atoms with E-state index in [0.29, 0.717) is 6.54 Å². The molecule has 0 aromatic carbocycles. The van der Waals surface area contributed by atoms with Gasteiger partial charge < -0.3 is 5.11 Å². The summed E-state index contributed by atoms with van der Waals surface area (Å²) < 4.78 is 0. The lowest BCUT2D eigenvalue weighted by atomic mass is 10.3. The minimum atomic E-state index is -0.246. The van der Waals surface area contributed by atoms with Crippen LogP contribution < -0.4 is 0 Å². The standard InChI is InChI=1S/C5H10NO2/c7-4-6-2-1-5(8)3-6/h5,8H,1-4H2. The van der Waals surface area contributed by atoms with Crippen molar-refractivity contribution in [3.8, 4) is 0 Å². The Morgan fingerprint density at radius 2 is 2.50 bits per heavy atom. The lowest BCUT2D eigenvalue weighted by molar-refractivity contribution is 0.0574. The number of aliphatic hydroxyl groups is 1. The first-order chi connectivity index (χ1) is 3.83. The van der Waals surface area contributed by atoms with Crippen LogP contribution in [0.1, 0.15) is 6.42 Å². The summed E-state index contributed by atoms with van der Waals surface area (Å²) in [5.74, 6) is 0. The van der Waals surface area contributed by atoms with E-state index in [9.17, 15) is 5.11 Å². The Kier molecular flexibility index (Phi) is 1.83. The molecule has 1 N–H and O–H groups in total. The van der Waals surface area contributed by atoms with Gasteiger partial charge in [-0.25, -0.2) is 5.11 Å². The smallest absolute Gasteiger partial charge is 0.135 e. The molecule has 0 amide bonds. The average molecular weight is 116 g/mol. The maximum absolute atomic E-state index is 10.1. The second kappa shape index (κ2) is 2.44. The number of rotatable bonds is 1. The van der Waals surface area contributed by atoms with Crippen molar-refractivity contribution >= 4 is 0 Å². The Balaban J connectivity index is 2.22. The van der Waals surface area contributed by atoms with Crippen LogP contribution in [0, 0.1) is 0 Å². The zero-order valence-electron chi connectivity index (χ0n) is 4.71. The van der Waals surface area contributed by atoms with E-state index in [1.54, 1.807) is 4.90 Å². The lowest BCUT2D eigenvalue weighted by Gasteiger charge is -2.06. The van der Waals surface area contributed by atoms with Crippen LogP contribution in [0.4, 0.5) is 0 Å². The summed E-state index contributed by atoms with van der Waals surface area (Å²) in [7, 11) is 0. The van der Waals surface area contributed by atoms with Gasteiger partial charge in [-0.2, -0.15) is 0 Å². The molecule has 47 valence electrons. The normalized spacial score (nSPS) is 31.5. The molecule has 3 nitrogen and oxygen atoms in total. The van der Waals surface area contributed by atoms with Crippen LogP contribution >= 0.6 is 0 Å². The molecule has 0 aromatic heterocycles. The quantitative estimate of drug-likeness (QED) is 0.499. The van der Waals surface area contributed by atoms with Crippen LogP contribution in [0.3, 0.4) is 0 Å². The highest BCUT2D eigenvalue weighted by molar-refractivity contribution is 4.71. The van der Waals surface area contributed by atoms with Crippen molar-refractivity contribution in [2.75, 3.05) is 19.8 Å². The highest BCUT2D eigenvalue weighted by Gasteiger charge is 2.18. The molecule has 1 fully saturated rings. The molecule has 0 saturated carbocycles. The van der Waals surface area contributed by atoms with E-state index in [-0.39, 0.29) is 12.8 Å². The van der Waals surface area contributed by atoms with Crippen molar-refractivity contribution < 1.29 is 10.2 Å². The van der Waals surface area contributed by atoms with Crippen LogP contribution in [0.2, 0.25) is 0 Å². The number of hydrogen-bond donors (Lipinski definition) is 1. The molecule has 0 aromatic rings. The second-order valence-corrected chi connectivity index (χ2v) is 2.15. The van der Waals surface area contributed by atoms with Crippen LogP contribution in [0.5, 0.6) is 0 Å². The molecule has 1 heterocycles. The highest BCUT2D eigenvalue weighted by atomic mass is 16.3. The minimum Gasteiger partial charge on any atom is -0.392 e. The summed E-state index contributed by atoms with van der Waals surface area (Å²) >= 11 is 0. The predicted molar refractivity (Wildman–Crippen MR) is 27.8 cm³/mol. The van der Waals surface area contributed by atoms with E-state index in [4.69, 9.17) is 5.11 Å². The van der Waals surface area contributed by atoms with Gasteiger partial charge in [-0.05, 0) is 6.42 Å². The molecule has 0 spiro atoms. The summed E-state index contributed by atoms with van der Waals surface area (Å²) in [6.45, 7) is 1.17. The fourth-order valence-electron chi connectivity index (χ4n) is 0.929. The number of hydrogen-bond acceptors (Lipinski definition) is 2.